The molecule has 1 aromatic carbocycles. The fourth-order valence-corrected chi connectivity index (χ4v) is 1.44. The van der Waals surface area contributed by atoms with Crippen molar-refractivity contribution in [2.75, 3.05) is 0 Å². The van der Waals surface area contributed by atoms with Crippen molar-refractivity contribution in [1.82, 2.24) is 0 Å². The maximum Gasteiger partial charge on any atom is 0.199 e. The number of hydrogen-bond donors (Lipinski definition) is 0. The molecule has 0 bridgehead atoms. The van der Waals surface area contributed by atoms with E-state index in [0.29, 0.717) is 5.76 Å². The number of aryl methyl sites for hydroxylation is 1. The minimum absolute atomic E-state index is 0.240. The van der Waals surface area contributed by atoms with Gasteiger partial charge in [0.25, 0.3) is 0 Å². The van der Waals surface area contributed by atoms with E-state index in [4.69, 9.17) is 4.42 Å². The van der Waals surface area contributed by atoms with Crippen LogP contribution in [0.3, 0.4) is 0 Å². The van der Waals surface area contributed by atoms with Crippen LogP contribution in [0.1, 0.15) is 21.7 Å². The highest BCUT2D eigenvalue weighted by Crippen LogP contribution is 2.18. The zero-order chi connectivity index (χ0) is 11.7. The van der Waals surface area contributed by atoms with Gasteiger partial charge in [-0.05, 0) is 31.2 Å². The van der Waals surface area contributed by atoms with E-state index < -0.39 is 17.4 Å². The summed E-state index contributed by atoms with van der Waals surface area (Å²) in [6, 6.07) is 4.21. The van der Waals surface area contributed by atoms with E-state index in [1.54, 1.807) is 6.92 Å². The van der Waals surface area contributed by atoms with Crippen LogP contribution in [-0.2, 0) is 0 Å². The first-order valence-electron chi connectivity index (χ1n) is 4.63. The van der Waals surface area contributed by atoms with Crippen LogP contribution >= 0.6 is 0 Å². The van der Waals surface area contributed by atoms with Gasteiger partial charge in [-0.2, -0.15) is 0 Å². The molecule has 1 heterocycles. The summed E-state index contributed by atoms with van der Waals surface area (Å²) in [6.45, 7) is 1.59. The number of hydrogen-bond acceptors (Lipinski definition) is 2. The quantitative estimate of drug-likeness (QED) is 0.731. The van der Waals surface area contributed by atoms with E-state index in [9.17, 15) is 13.6 Å². The average Bonchev–Trinajstić information content (AvgIpc) is 2.67. The van der Waals surface area contributed by atoms with Crippen molar-refractivity contribution in [2.24, 2.45) is 0 Å². The highest BCUT2D eigenvalue weighted by Gasteiger charge is 2.18. The van der Waals surface area contributed by atoms with Crippen LogP contribution < -0.4 is 0 Å². The minimum atomic E-state index is -0.744. The van der Waals surface area contributed by atoms with Gasteiger partial charge in [0.1, 0.15) is 17.4 Å². The SMILES string of the molecule is Cc1occc1C(=O)c1cc(F)ccc1F. The molecule has 16 heavy (non-hydrogen) atoms. The molecule has 2 aromatic rings. The lowest BCUT2D eigenvalue weighted by molar-refractivity contribution is 0.103. The number of carbonyl (C=O) groups is 1. The molecule has 0 saturated heterocycles. The van der Waals surface area contributed by atoms with Crippen molar-refractivity contribution in [3.63, 3.8) is 0 Å². The Bertz CT molecular complexity index is 544. The van der Waals surface area contributed by atoms with Gasteiger partial charge in [-0.25, -0.2) is 8.78 Å². The van der Waals surface area contributed by atoms with E-state index >= 15 is 0 Å². The lowest BCUT2D eigenvalue weighted by Gasteiger charge is -2.01. The van der Waals surface area contributed by atoms with Crippen molar-refractivity contribution in [2.45, 2.75) is 6.92 Å². The molecule has 2 nitrogen and oxygen atoms in total. The van der Waals surface area contributed by atoms with Gasteiger partial charge in [0, 0.05) is 0 Å². The maximum atomic E-state index is 13.3. The molecule has 0 aliphatic heterocycles. The molecule has 0 saturated carbocycles. The van der Waals surface area contributed by atoms with Crippen molar-refractivity contribution < 1.29 is 18.0 Å². The number of halogens is 2. The Balaban J connectivity index is 2.49. The molecule has 0 aliphatic carbocycles. The van der Waals surface area contributed by atoms with Gasteiger partial charge >= 0.3 is 0 Å². The van der Waals surface area contributed by atoms with Crippen molar-refractivity contribution >= 4 is 5.78 Å². The van der Waals surface area contributed by atoms with Crippen LogP contribution in [0.4, 0.5) is 8.78 Å². The molecule has 0 amide bonds. The summed E-state index contributed by atoms with van der Waals surface area (Å²) in [4.78, 5) is 11.8. The van der Waals surface area contributed by atoms with Crippen LogP contribution in [0, 0.1) is 18.6 Å². The topological polar surface area (TPSA) is 30.2 Å². The number of furan rings is 1. The maximum absolute atomic E-state index is 13.3. The second-order valence-electron chi connectivity index (χ2n) is 3.34. The van der Waals surface area contributed by atoms with Gasteiger partial charge in [-0.15, -0.1) is 0 Å². The normalized spacial score (nSPS) is 10.4. The third kappa shape index (κ3) is 1.74. The van der Waals surface area contributed by atoms with E-state index in [1.807, 2.05) is 0 Å². The molecular weight excluding hydrogens is 214 g/mol. The Kier molecular flexibility index (Phi) is 2.56. The van der Waals surface area contributed by atoms with Gasteiger partial charge in [0.15, 0.2) is 5.78 Å². The van der Waals surface area contributed by atoms with Gasteiger partial charge in [-0.3, -0.25) is 4.79 Å². The van der Waals surface area contributed by atoms with E-state index in [1.165, 1.54) is 12.3 Å². The van der Waals surface area contributed by atoms with Crippen molar-refractivity contribution in [1.29, 1.82) is 0 Å². The first-order valence-corrected chi connectivity index (χ1v) is 4.63. The Morgan fingerprint density at radius 1 is 1.19 bits per heavy atom. The summed E-state index contributed by atoms with van der Waals surface area (Å²) in [7, 11) is 0. The third-order valence-electron chi connectivity index (χ3n) is 2.28. The summed E-state index contributed by atoms with van der Waals surface area (Å²) in [5, 5.41) is 0. The molecule has 0 radical (unpaired) electrons. The first kappa shape index (κ1) is 10.5. The number of ketones is 1. The summed E-state index contributed by atoms with van der Waals surface area (Å²) >= 11 is 0. The fourth-order valence-electron chi connectivity index (χ4n) is 1.44. The second kappa shape index (κ2) is 3.89. The van der Waals surface area contributed by atoms with Crippen molar-refractivity contribution in [3.8, 4) is 0 Å². The third-order valence-corrected chi connectivity index (χ3v) is 2.28. The number of carbonyl (C=O) groups excluding carboxylic acids is 1. The summed E-state index contributed by atoms with van der Waals surface area (Å²) in [6.07, 6.45) is 1.33. The molecule has 0 fully saturated rings. The van der Waals surface area contributed by atoms with Crippen LogP contribution in [0.2, 0.25) is 0 Å². The summed E-state index contributed by atoms with van der Waals surface area (Å²) in [5.41, 5.74) is -0.0472. The van der Waals surface area contributed by atoms with Gasteiger partial charge < -0.3 is 4.42 Å². The highest BCUT2D eigenvalue weighted by atomic mass is 19.1. The van der Waals surface area contributed by atoms with E-state index in [-0.39, 0.29) is 11.1 Å². The molecule has 0 N–H and O–H groups in total. The van der Waals surface area contributed by atoms with E-state index in [0.717, 1.165) is 18.2 Å². The molecule has 0 atom stereocenters. The van der Waals surface area contributed by atoms with Crippen molar-refractivity contribution in [3.05, 3.63) is 59.1 Å². The minimum Gasteiger partial charge on any atom is -0.469 e. The van der Waals surface area contributed by atoms with E-state index in [2.05, 4.69) is 0 Å². The molecule has 82 valence electrons. The lowest BCUT2D eigenvalue weighted by Crippen LogP contribution is -2.05. The Morgan fingerprint density at radius 2 is 1.94 bits per heavy atom. The zero-order valence-corrected chi connectivity index (χ0v) is 8.46. The number of benzene rings is 1. The molecule has 1 aromatic heterocycles. The van der Waals surface area contributed by atoms with Crippen LogP contribution in [0.25, 0.3) is 0 Å². The van der Waals surface area contributed by atoms with Crippen LogP contribution in [0.5, 0.6) is 0 Å². The number of rotatable bonds is 2. The second-order valence-corrected chi connectivity index (χ2v) is 3.34. The molecule has 0 unspecified atom stereocenters. The molecule has 0 spiro atoms. The van der Waals surface area contributed by atoms with Gasteiger partial charge in [-0.1, -0.05) is 0 Å². The van der Waals surface area contributed by atoms with Crippen LogP contribution in [-0.4, -0.2) is 5.78 Å². The standard InChI is InChI=1S/C12H8F2O2/c1-7-9(4-5-16-7)12(15)10-6-8(13)2-3-11(10)14/h2-6H,1H3. The first-order chi connectivity index (χ1) is 7.59. The zero-order valence-electron chi connectivity index (χ0n) is 8.46. The fraction of sp³-hybridized carbons (Fsp3) is 0.0833. The van der Waals surface area contributed by atoms with Gasteiger partial charge in [0.05, 0.1) is 17.4 Å². The predicted molar refractivity (Wildman–Crippen MR) is 53.2 cm³/mol. The molecule has 4 heteroatoms. The lowest BCUT2D eigenvalue weighted by atomic mass is 10.0. The Labute approximate surface area is 90.5 Å². The smallest absolute Gasteiger partial charge is 0.199 e. The summed E-state index contributed by atoms with van der Waals surface area (Å²) < 4.78 is 31.2. The monoisotopic (exact) mass is 222 g/mol. The largest absolute Gasteiger partial charge is 0.469 e. The molecule has 0 aliphatic rings. The van der Waals surface area contributed by atoms with Gasteiger partial charge in [0.2, 0.25) is 0 Å². The average molecular weight is 222 g/mol. The highest BCUT2D eigenvalue weighted by molar-refractivity contribution is 6.09. The summed E-state index contributed by atoms with van der Waals surface area (Å²) in [5.74, 6) is -1.59. The van der Waals surface area contributed by atoms with Crippen LogP contribution in [0.15, 0.2) is 34.9 Å². The Hall–Kier alpha value is -1.97. The molecule has 2 rings (SSSR count). The molecular formula is C12H8F2O2. The predicted octanol–water partition coefficient (Wildman–Crippen LogP) is 3.10. The Morgan fingerprint density at radius 3 is 2.56 bits per heavy atom.